The Morgan fingerprint density at radius 2 is 1.65 bits per heavy atom. The summed E-state index contributed by atoms with van der Waals surface area (Å²) in [5, 5.41) is 12.9. The minimum atomic E-state index is -3.77. The molecular formula is C23H25ClN2O4S. The third-order valence-corrected chi connectivity index (χ3v) is 8.81. The van der Waals surface area contributed by atoms with E-state index in [2.05, 4.69) is 10.0 Å². The van der Waals surface area contributed by atoms with E-state index in [1.807, 2.05) is 0 Å². The summed E-state index contributed by atoms with van der Waals surface area (Å²) in [5.41, 5.74) is 0.00327. The van der Waals surface area contributed by atoms with Gasteiger partial charge in [-0.3, -0.25) is 4.79 Å². The number of anilines is 1. The van der Waals surface area contributed by atoms with Crippen LogP contribution in [0.15, 0.2) is 47.4 Å². The summed E-state index contributed by atoms with van der Waals surface area (Å²) in [6.07, 6.45) is 6.41. The number of benzene rings is 2. The highest BCUT2D eigenvalue weighted by Crippen LogP contribution is 2.56. The zero-order valence-corrected chi connectivity index (χ0v) is 18.5. The van der Waals surface area contributed by atoms with Crippen molar-refractivity contribution in [1.29, 1.82) is 0 Å². The van der Waals surface area contributed by atoms with Crippen LogP contribution in [0, 0.1) is 17.8 Å². The van der Waals surface area contributed by atoms with Crippen LogP contribution in [0.3, 0.4) is 0 Å². The van der Waals surface area contributed by atoms with E-state index in [0.717, 1.165) is 19.3 Å². The molecule has 0 unspecified atom stereocenters. The van der Waals surface area contributed by atoms with Crippen LogP contribution in [0.4, 0.5) is 5.69 Å². The van der Waals surface area contributed by atoms with E-state index < -0.39 is 15.9 Å². The SMILES string of the molecule is O=C(Nc1cc(Cl)ccc1O)c1cccc(S(=O)(=O)NC23CC4CC(CC(C4)C2)C3)c1. The smallest absolute Gasteiger partial charge is 0.255 e. The molecule has 4 fully saturated rings. The van der Waals surface area contributed by atoms with Crippen LogP contribution in [-0.4, -0.2) is 25.0 Å². The number of hydrogen-bond acceptors (Lipinski definition) is 4. The summed E-state index contributed by atoms with van der Waals surface area (Å²) in [7, 11) is -3.77. The summed E-state index contributed by atoms with van der Waals surface area (Å²) in [6.45, 7) is 0. The van der Waals surface area contributed by atoms with Crippen molar-refractivity contribution in [3.05, 3.63) is 53.1 Å². The Morgan fingerprint density at radius 1 is 1.00 bits per heavy atom. The summed E-state index contributed by atoms with van der Waals surface area (Å²) in [6, 6.07) is 10.3. The van der Waals surface area contributed by atoms with Crippen LogP contribution in [0.25, 0.3) is 0 Å². The number of carbonyl (C=O) groups excluding carboxylic acids is 1. The number of phenolic OH excluding ortho intramolecular Hbond substituents is 1. The van der Waals surface area contributed by atoms with Crippen LogP contribution in [-0.2, 0) is 10.0 Å². The lowest BCUT2D eigenvalue weighted by molar-refractivity contribution is -0.00810. The normalized spacial score (nSPS) is 29.1. The van der Waals surface area contributed by atoms with Gasteiger partial charge in [-0.05, 0) is 92.7 Å². The van der Waals surface area contributed by atoms with Crippen molar-refractivity contribution in [2.24, 2.45) is 17.8 Å². The number of aromatic hydroxyl groups is 1. The van der Waals surface area contributed by atoms with Gasteiger partial charge < -0.3 is 10.4 Å². The van der Waals surface area contributed by atoms with E-state index >= 15 is 0 Å². The first-order chi connectivity index (χ1) is 14.7. The van der Waals surface area contributed by atoms with Gasteiger partial charge >= 0.3 is 0 Å². The Hall–Kier alpha value is -2.09. The lowest BCUT2D eigenvalue weighted by Gasteiger charge is -2.56. The van der Waals surface area contributed by atoms with Crippen molar-refractivity contribution in [2.75, 3.05) is 5.32 Å². The predicted molar refractivity (Wildman–Crippen MR) is 119 cm³/mol. The lowest BCUT2D eigenvalue weighted by Crippen LogP contribution is -2.59. The molecule has 2 aromatic rings. The van der Waals surface area contributed by atoms with Crippen LogP contribution in [0.2, 0.25) is 5.02 Å². The van der Waals surface area contributed by atoms with E-state index in [0.29, 0.717) is 22.8 Å². The number of phenols is 1. The molecule has 1 amide bonds. The number of amides is 1. The average Bonchev–Trinajstić information content (AvgIpc) is 2.69. The lowest BCUT2D eigenvalue weighted by atomic mass is 9.53. The van der Waals surface area contributed by atoms with Crippen molar-refractivity contribution in [3.8, 4) is 5.75 Å². The molecule has 6 nitrogen and oxygen atoms in total. The van der Waals surface area contributed by atoms with Crippen molar-refractivity contribution in [3.63, 3.8) is 0 Å². The molecule has 3 N–H and O–H groups in total. The molecule has 6 rings (SSSR count). The van der Waals surface area contributed by atoms with E-state index in [9.17, 15) is 18.3 Å². The molecular weight excluding hydrogens is 436 g/mol. The molecule has 8 heteroatoms. The number of halogens is 1. The second-order valence-electron chi connectivity index (χ2n) is 9.45. The Morgan fingerprint density at radius 3 is 2.29 bits per heavy atom. The molecule has 31 heavy (non-hydrogen) atoms. The second kappa shape index (κ2) is 7.50. The van der Waals surface area contributed by atoms with Crippen molar-refractivity contribution >= 4 is 33.2 Å². The van der Waals surface area contributed by atoms with Crippen molar-refractivity contribution < 1.29 is 18.3 Å². The van der Waals surface area contributed by atoms with Gasteiger partial charge in [-0.1, -0.05) is 17.7 Å². The van der Waals surface area contributed by atoms with Crippen LogP contribution in [0.1, 0.15) is 48.9 Å². The second-order valence-corrected chi connectivity index (χ2v) is 11.6. The average molecular weight is 461 g/mol. The fourth-order valence-corrected chi connectivity index (χ4v) is 7.84. The molecule has 4 bridgehead atoms. The minimum Gasteiger partial charge on any atom is -0.506 e. The highest BCUT2D eigenvalue weighted by molar-refractivity contribution is 7.89. The maximum atomic E-state index is 13.2. The van der Waals surface area contributed by atoms with Gasteiger partial charge in [0.15, 0.2) is 0 Å². The van der Waals surface area contributed by atoms with Gasteiger partial charge in [-0.25, -0.2) is 13.1 Å². The number of hydrogen-bond donors (Lipinski definition) is 3. The van der Waals surface area contributed by atoms with Crippen LogP contribution in [0.5, 0.6) is 5.75 Å². The number of nitrogens with one attached hydrogen (secondary N) is 2. The first-order valence-corrected chi connectivity index (χ1v) is 12.5. The molecule has 0 spiro atoms. The topological polar surface area (TPSA) is 95.5 Å². The van der Waals surface area contributed by atoms with E-state index in [-0.39, 0.29) is 27.4 Å². The molecule has 0 atom stereocenters. The predicted octanol–water partition coefficient (Wildman–Crippen LogP) is 4.55. The van der Waals surface area contributed by atoms with Gasteiger partial charge in [-0.2, -0.15) is 0 Å². The monoisotopic (exact) mass is 460 g/mol. The Balaban J connectivity index is 1.37. The third kappa shape index (κ3) is 4.06. The molecule has 4 saturated carbocycles. The summed E-state index contributed by atoms with van der Waals surface area (Å²) in [5.74, 6) is 1.22. The van der Waals surface area contributed by atoms with Gasteiger partial charge in [0, 0.05) is 16.1 Å². The summed E-state index contributed by atoms with van der Waals surface area (Å²) < 4.78 is 29.5. The summed E-state index contributed by atoms with van der Waals surface area (Å²) in [4.78, 5) is 12.8. The first-order valence-electron chi connectivity index (χ1n) is 10.7. The molecule has 4 aliphatic carbocycles. The highest BCUT2D eigenvalue weighted by Gasteiger charge is 2.52. The molecule has 2 aromatic carbocycles. The Labute approximate surface area is 187 Å². The molecule has 4 aliphatic rings. The van der Waals surface area contributed by atoms with Crippen LogP contribution < -0.4 is 10.0 Å². The molecule has 0 aromatic heterocycles. The van der Waals surface area contributed by atoms with Gasteiger partial charge in [0.25, 0.3) is 5.91 Å². The zero-order valence-electron chi connectivity index (χ0n) is 17.0. The van der Waals surface area contributed by atoms with E-state index in [1.54, 1.807) is 12.1 Å². The van der Waals surface area contributed by atoms with E-state index in [1.165, 1.54) is 49.6 Å². The fraction of sp³-hybridized carbons (Fsp3) is 0.435. The molecule has 164 valence electrons. The standard InChI is InChI=1S/C23H25ClN2O4S/c24-18-4-5-21(27)20(10-18)25-22(28)17-2-1-3-19(9-17)31(29,30)26-23-11-14-6-15(12-23)8-16(7-14)13-23/h1-5,9-10,14-16,26-27H,6-8,11-13H2,(H,25,28). The number of sulfonamides is 1. The molecule has 0 heterocycles. The maximum Gasteiger partial charge on any atom is 0.255 e. The first kappa shape index (κ1) is 20.8. The van der Waals surface area contributed by atoms with Crippen molar-refractivity contribution in [1.82, 2.24) is 4.72 Å². The van der Waals surface area contributed by atoms with Gasteiger partial charge in [-0.15, -0.1) is 0 Å². The number of rotatable bonds is 5. The van der Waals surface area contributed by atoms with Crippen LogP contribution >= 0.6 is 11.6 Å². The van der Waals surface area contributed by atoms with Gasteiger partial charge in [0.2, 0.25) is 10.0 Å². The van der Waals surface area contributed by atoms with Gasteiger partial charge in [0.05, 0.1) is 10.6 Å². The Kier molecular flexibility index (Phi) is 5.03. The Bertz CT molecular complexity index is 1110. The zero-order chi connectivity index (χ0) is 21.8. The third-order valence-electron chi connectivity index (χ3n) is 7.00. The minimum absolute atomic E-state index is 0.0752. The largest absolute Gasteiger partial charge is 0.506 e. The molecule has 0 aliphatic heterocycles. The molecule has 0 radical (unpaired) electrons. The van der Waals surface area contributed by atoms with Crippen molar-refractivity contribution in [2.45, 2.75) is 49.0 Å². The quantitative estimate of drug-likeness (QED) is 0.570. The van der Waals surface area contributed by atoms with Gasteiger partial charge in [0.1, 0.15) is 5.75 Å². The van der Waals surface area contributed by atoms with E-state index in [4.69, 9.17) is 11.6 Å². The molecule has 0 saturated heterocycles. The number of carbonyl (C=O) groups is 1. The highest BCUT2D eigenvalue weighted by atomic mass is 35.5. The maximum absolute atomic E-state index is 13.2. The summed E-state index contributed by atoms with van der Waals surface area (Å²) >= 11 is 5.93. The fourth-order valence-electron chi connectivity index (χ4n) is 6.19.